The first kappa shape index (κ1) is 17.5. The highest BCUT2D eigenvalue weighted by atomic mass is 16.5. The van der Waals surface area contributed by atoms with Crippen LogP contribution in [0.5, 0.6) is 0 Å². The maximum atomic E-state index is 11.8. The van der Waals surface area contributed by atoms with Gasteiger partial charge in [-0.3, -0.25) is 4.79 Å². The summed E-state index contributed by atoms with van der Waals surface area (Å²) in [5.41, 5.74) is 3.92. The van der Waals surface area contributed by atoms with Crippen molar-refractivity contribution in [2.45, 2.75) is 26.9 Å². The molecule has 0 saturated carbocycles. The molecule has 0 radical (unpaired) electrons. The molecule has 2 N–H and O–H groups in total. The lowest BCUT2D eigenvalue weighted by atomic mass is 10.1. The average molecular weight is 326 g/mol. The number of urea groups is 1. The molecule has 0 atom stereocenters. The molecule has 24 heavy (non-hydrogen) atoms. The van der Waals surface area contributed by atoms with E-state index in [9.17, 15) is 9.59 Å². The molecular formula is C19H22N2O3. The highest BCUT2D eigenvalue weighted by Crippen LogP contribution is 2.12. The fraction of sp³-hybridized carbons (Fsp3) is 0.263. The summed E-state index contributed by atoms with van der Waals surface area (Å²) in [4.78, 5) is 23.4. The zero-order chi connectivity index (χ0) is 17.4. The number of hydrogen-bond acceptors (Lipinski definition) is 3. The Bertz CT molecular complexity index is 699. The molecule has 0 spiro atoms. The highest BCUT2D eigenvalue weighted by Gasteiger charge is 2.07. The van der Waals surface area contributed by atoms with E-state index in [0.29, 0.717) is 5.69 Å². The Morgan fingerprint density at radius 1 is 1.04 bits per heavy atom. The molecule has 0 bridgehead atoms. The topological polar surface area (TPSA) is 67.4 Å². The monoisotopic (exact) mass is 326 g/mol. The van der Waals surface area contributed by atoms with E-state index in [4.69, 9.17) is 4.74 Å². The molecule has 126 valence electrons. The normalized spacial score (nSPS) is 10.1. The number of carbonyl (C=O) groups is 2. The van der Waals surface area contributed by atoms with Crippen molar-refractivity contribution in [3.63, 3.8) is 0 Å². The van der Waals surface area contributed by atoms with Gasteiger partial charge < -0.3 is 15.4 Å². The average Bonchev–Trinajstić information content (AvgIpc) is 2.56. The third-order valence-corrected chi connectivity index (χ3v) is 3.54. The van der Waals surface area contributed by atoms with Crippen molar-refractivity contribution in [2.75, 3.05) is 11.9 Å². The summed E-state index contributed by atoms with van der Waals surface area (Å²) in [6.07, 6.45) is 0.132. The van der Waals surface area contributed by atoms with E-state index in [1.165, 1.54) is 0 Å². The number of rotatable bonds is 6. The molecule has 0 saturated heterocycles. The molecule has 5 heteroatoms. The fourth-order valence-electron chi connectivity index (χ4n) is 2.16. The number of amides is 2. The van der Waals surface area contributed by atoms with Crippen molar-refractivity contribution in [3.05, 3.63) is 65.2 Å². The first-order valence-electron chi connectivity index (χ1n) is 7.86. The van der Waals surface area contributed by atoms with Gasteiger partial charge in [-0.1, -0.05) is 42.0 Å². The van der Waals surface area contributed by atoms with E-state index < -0.39 is 0 Å². The molecule has 2 aromatic carbocycles. The minimum absolute atomic E-state index is 0.132. The first-order valence-corrected chi connectivity index (χ1v) is 7.86. The second-order valence-electron chi connectivity index (χ2n) is 5.59. The van der Waals surface area contributed by atoms with E-state index in [2.05, 4.69) is 10.6 Å². The van der Waals surface area contributed by atoms with Crippen molar-refractivity contribution in [2.24, 2.45) is 0 Å². The number of hydrogen-bond donors (Lipinski definition) is 2. The lowest BCUT2D eigenvalue weighted by Crippen LogP contribution is -2.30. The smallest absolute Gasteiger partial charge is 0.319 e. The van der Waals surface area contributed by atoms with Crippen molar-refractivity contribution in [1.29, 1.82) is 0 Å². The lowest BCUT2D eigenvalue weighted by molar-refractivity contribution is -0.144. The van der Waals surface area contributed by atoms with Gasteiger partial charge in [0.25, 0.3) is 0 Å². The van der Waals surface area contributed by atoms with E-state index in [-0.39, 0.29) is 31.6 Å². The lowest BCUT2D eigenvalue weighted by Gasteiger charge is -2.09. The summed E-state index contributed by atoms with van der Waals surface area (Å²) in [7, 11) is 0. The summed E-state index contributed by atoms with van der Waals surface area (Å²) < 4.78 is 5.25. The Morgan fingerprint density at radius 2 is 1.79 bits per heavy atom. The number of esters is 1. The van der Waals surface area contributed by atoms with Crippen LogP contribution in [0.25, 0.3) is 0 Å². The zero-order valence-corrected chi connectivity index (χ0v) is 14.0. The number of benzene rings is 2. The van der Waals surface area contributed by atoms with Gasteiger partial charge in [0.1, 0.15) is 6.61 Å². The number of nitrogens with one attached hydrogen (secondary N) is 2. The Balaban J connectivity index is 1.68. The van der Waals surface area contributed by atoms with Crippen molar-refractivity contribution in [3.8, 4) is 0 Å². The maximum absolute atomic E-state index is 11.8. The van der Waals surface area contributed by atoms with Gasteiger partial charge in [0.05, 0.1) is 6.42 Å². The van der Waals surface area contributed by atoms with Crippen LogP contribution >= 0.6 is 0 Å². The van der Waals surface area contributed by atoms with Crippen LogP contribution in [-0.2, 0) is 16.1 Å². The fourth-order valence-corrected chi connectivity index (χ4v) is 2.16. The molecule has 0 aliphatic carbocycles. The van der Waals surface area contributed by atoms with Crippen LogP contribution < -0.4 is 10.6 Å². The third kappa shape index (κ3) is 5.76. The molecule has 5 nitrogen and oxygen atoms in total. The molecule has 0 unspecified atom stereocenters. The zero-order valence-electron chi connectivity index (χ0n) is 14.0. The standard InChI is InChI=1S/C19H22N2O3/c1-14-8-9-15(2)16(12-14)13-24-18(22)10-11-20-19(23)21-17-6-4-3-5-7-17/h3-9,12H,10-11,13H2,1-2H3,(H2,20,21,23). The second kappa shape index (κ2) is 8.72. The van der Waals surface area contributed by atoms with Crippen LogP contribution in [0.1, 0.15) is 23.1 Å². The minimum atomic E-state index is -0.344. The van der Waals surface area contributed by atoms with E-state index in [0.717, 1.165) is 16.7 Å². The predicted molar refractivity (Wildman–Crippen MR) is 93.8 cm³/mol. The number of ether oxygens (including phenoxy) is 1. The van der Waals surface area contributed by atoms with E-state index >= 15 is 0 Å². The van der Waals surface area contributed by atoms with E-state index in [1.807, 2.05) is 50.2 Å². The quantitative estimate of drug-likeness (QED) is 0.798. The highest BCUT2D eigenvalue weighted by molar-refractivity contribution is 5.89. The van der Waals surface area contributed by atoms with Gasteiger partial charge in [-0.05, 0) is 37.1 Å². The van der Waals surface area contributed by atoms with Crippen LogP contribution in [0.4, 0.5) is 10.5 Å². The SMILES string of the molecule is Cc1ccc(C)c(COC(=O)CCNC(=O)Nc2ccccc2)c1. The number of para-hydroxylation sites is 1. The molecule has 2 aromatic rings. The van der Waals surface area contributed by atoms with E-state index in [1.54, 1.807) is 12.1 Å². The van der Waals surface area contributed by atoms with Crippen LogP contribution in [0.15, 0.2) is 48.5 Å². The summed E-state index contributed by atoms with van der Waals surface area (Å²) in [6, 6.07) is 14.8. The van der Waals surface area contributed by atoms with Crippen LogP contribution in [-0.4, -0.2) is 18.5 Å². The predicted octanol–water partition coefficient (Wildman–Crippen LogP) is 3.56. The molecule has 0 fully saturated rings. The maximum Gasteiger partial charge on any atom is 0.319 e. The van der Waals surface area contributed by atoms with Gasteiger partial charge >= 0.3 is 12.0 Å². The number of aryl methyl sites for hydroxylation is 2. The molecule has 2 amide bonds. The first-order chi connectivity index (χ1) is 11.5. The summed E-state index contributed by atoms with van der Waals surface area (Å²) in [6.45, 7) is 4.46. The molecule has 0 aliphatic heterocycles. The van der Waals surface area contributed by atoms with Gasteiger partial charge in [-0.2, -0.15) is 0 Å². The van der Waals surface area contributed by atoms with Gasteiger partial charge in [0.2, 0.25) is 0 Å². The summed E-state index contributed by atoms with van der Waals surface area (Å²) in [5, 5.41) is 5.31. The number of carbonyl (C=O) groups excluding carboxylic acids is 2. The van der Waals surface area contributed by atoms with Crippen LogP contribution in [0.3, 0.4) is 0 Å². The molecular weight excluding hydrogens is 304 g/mol. The Morgan fingerprint density at radius 3 is 2.54 bits per heavy atom. The Kier molecular flexibility index (Phi) is 6.37. The largest absolute Gasteiger partial charge is 0.461 e. The van der Waals surface area contributed by atoms with Gasteiger partial charge in [-0.15, -0.1) is 0 Å². The molecule has 0 aromatic heterocycles. The van der Waals surface area contributed by atoms with Gasteiger partial charge in [0.15, 0.2) is 0 Å². The minimum Gasteiger partial charge on any atom is -0.461 e. The van der Waals surface area contributed by atoms with Gasteiger partial charge in [0, 0.05) is 12.2 Å². The molecule has 0 aliphatic rings. The summed E-state index contributed by atoms with van der Waals surface area (Å²) in [5.74, 6) is -0.337. The van der Waals surface area contributed by atoms with Crippen molar-refractivity contribution in [1.82, 2.24) is 5.32 Å². The Hall–Kier alpha value is -2.82. The summed E-state index contributed by atoms with van der Waals surface area (Å²) >= 11 is 0. The Labute approximate surface area is 142 Å². The van der Waals surface area contributed by atoms with Crippen LogP contribution in [0, 0.1) is 13.8 Å². The van der Waals surface area contributed by atoms with Crippen molar-refractivity contribution >= 4 is 17.7 Å². The van der Waals surface area contributed by atoms with Crippen molar-refractivity contribution < 1.29 is 14.3 Å². The molecule has 0 heterocycles. The number of anilines is 1. The third-order valence-electron chi connectivity index (χ3n) is 3.54. The van der Waals surface area contributed by atoms with Gasteiger partial charge in [-0.25, -0.2) is 4.79 Å². The second-order valence-corrected chi connectivity index (χ2v) is 5.59. The van der Waals surface area contributed by atoms with Crippen LogP contribution in [0.2, 0.25) is 0 Å². The molecule has 2 rings (SSSR count).